The molecule has 0 spiro atoms. The molecule has 0 saturated carbocycles. The van der Waals surface area contributed by atoms with Crippen LogP contribution in [0, 0.1) is 65.1 Å². The van der Waals surface area contributed by atoms with E-state index in [1.807, 2.05) is 161 Å². The zero-order valence-corrected chi connectivity index (χ0v) is 63.0. The van der Waals surface area contributed by atoms with E-state index < -0.39 is 19.8 Å². The summed E-state index contributed by atoms with van der Waals surface area (Å²) in [5.74, 6) is 15.6. The summed E-state index contributed by atoms with van der Waals surface area (Å²) in [4.78, 5) is 109. The number of halogens is 1. The van der Waals surface area contributed by atoms with Crippen LogP contribution in [-0.2, 0) is 33.7 Å². The number of hydrogen-bond acceptors (Lipinski definition) is 11. The van der Waals surface area contributed by atoms with Gasteiger partial charge in [0.15, 0.2) is 10.7 Å². The van der Waals surface area contributed by atoms with E-state index in [4.69, 9.17) is 44.2 Å². The molecule has 4 fully saturated rings. The third-order valence-electron chi connectivity index (χ3n) is 21.8. The number of carbonyl (C=O) groups excluding carboxylic acids is 5. The first-order chi connectivity index (χ1) is 47.0. The molecule has 4 aromatic heterocycles. The van der Waals surface area contributed by atoms with Crippen molar-refractivity contribution >= 4 is 108 Å². The van der Waals surface area contributed by atoms with Crippen LogP contribution in [-0.4, -0.2) is 142 Å². The van der Waals surface area contributed by atoms with Crippen LogP contribution in [0.4, 0.5) is 0 Å². The number of nitrogens with one attached hydrogen (secondary N) is 4. The highest BCUT2D eigenvalue weighted by molar-refractivity contribution is 7.99. The molecular weight excluding hydrogens is 1330 g/mol. The molecule has 22 heteroatoms. The molecule has 6 radical (unpaired) electrons. The summed E-state index contributed by atoms with van der Waals surface area (Å²) >= 11 is 13.7. The molecular formula is C77H87ClN12O5S2Si2. The zero-order valence-electron chi connectivity index (χ0n) is 58.5. The first-order valence-corrected chi connectivity index (χ1v) is 37.6. The van der Waals surface area contributed by atoms with Gasteiger partial charge in [-0.15, -0.1) is 24.4 Å². The predicted molar refractivity (Wildman–Crippen MR) is 396 cm³/mol. The van der Waals surface area contributed by atoms with Crippen molar-refractivity contribution in [2.75, 3.05) is 32.4 Å². The van der Waals surface area contributed by atoms with Crippen LogP contribution in [0.15, 0.2) is 91.3 Å². The number of carbonyl (C=O) groups is 5. The smallest absolute Gasteiger partial charge is 0.227 e. The average Bonchev–Trinajstić information content (AvgIpc) is 1.59. The van der Waals surface area contributed by atoms with Crippen LogP contribution in [0.1, 0.15) is 179 Å². The summed E-state index contributed by atoms with van der Waals surface area (Å²) in [7, 11) is 7.94. The zero-order chi connectivity index (χ0) is 70.8. The number of Topliss-reactive ketones (excluding diaryl/α,β-unsaturated/α-hetero) is 1. The molecule has 4 aliphatic heterocycles. The molecule has 0 bridgehead atoms. The lowest BCUT2D eigenvalue weighted by Gasteiger charge is -2.41. The minimum absolute atomic E-state index is 0.0442. The maximum atomic E-state index is 15.2. The normalized spacial score (nSPS) is 22.5. The van der Waals surface area contributed by atoms with Gasteiger partial charge in [0.1, 0.15) is 28.2 Å². The number of fused-ring (bicyclic) bond motifs is 2. The quantitative estimate of drug-likeness (QED) is 0.0330. The van der Waals surface area contributed by atoms with Crippen molar-refractivity contribution in [3.05, 3.63) is 142 Å². The summed E-state index contributed by atoms with van der Waals surface area (Å²) in [6, 6.07) is 25.2. The Balaban J connectivity index is 0.726. The van der Waals surface area contributed by atoms with E-state index in [0.717, 1.165) is 95.1 Å². The molecule has 4 amide bonds. The number of thioether (sulfide) groups is 1. The fourth-order valence-electron chi connectivity index (χ4n) is 14.2. The SMILES string of the molecule is CSC1(c2nc3cc(Cl)c(C#Cc4ccc(-c5cnc(C6CCCN6C(=O)C(C)C(C)C)[nH]5)cc4)cc3[nH]2)CC(CC(C)C(C)([Si])C(=O)N2CC(=O)CC2(S)c2nc3ccc(C#Cc4ccc(-c5cnc(C6CCCN6C(=O)C(C)C(C)C)[nH]5)cc4)cc3[nH]2)CN1C(=O)C(C)([Si])C(C)C. The minimum Gasteiger partial charge on any atom is -0.340 e. The molecule has 17 nitrogen and oxygen atoms in total. The Morgan fingerprint density at radius 3 is 1.72 bits per heavy atom. The number of aromatic amines is 4. The second-order valence-corrected chi connectivity index (χ2v) is 33.6. The number of aromatic nitrogens is 8. The number of nitrogens with zero attached hydrogens (tertiary/aromatic N) is 8. The van der Waals surface area contributed by atoms with E-state index in [1.165, 1.54) is 4.90 Å². The molecule has 99 heavy (non-hydrogen) atoms. The summed E-state index contributed by atoms with van der Waals surface area (Å²) in [5, 5.41) is -1.65. The van der Waals surface area contributed by atoms with E-state index in [9.17, 15) is 14.4 Å². The van der Waals surface area contributed by atoms with E-state index >= 15 is 9.59 Å². The first-order valence-electron chi connectivity index (χ1n) is 34.6. The Hall–Kier alpha value is -7.67. The number of ketones is 1. The van der Waals surface area contributed by atoms with Gasteiger partial charge in [-0.3, -0.25) is 24.0 Å². The van der Waals surface area contributed by atoms with Gasteiger partial charge in [-0.25, -0.2) is 19.9 Å². The van der Waals surface area contributed by atoms with Crippen molar-refractivity contribution in [1.29, 1.82) is 0 Å². The van der Waals surface area contributed by atoms with E-state index in [2.05, 4.69) is 91.8 Å². The lowest BCUT2D eigenvalue weighted by atomic mass is 9.83. The molecule has 4 N–H and O–H groups in total. The lowest BCUT2D eigenvalue weighted by molar-refractivity contribution is -0.139. The molecule has 4 aliphatic rings. The van der Waals surface area contributed by atoms with Gasteiger partial charge < -0.3 is 39.5 Å². The average molecular weight is 1420 g/mol. The van der Waals surface area contributed by atoms with Crippen LogP contribution in [0.25, 0.3) is 44.6 Å². The Morgan fingerprint density at radius 1 is 0.667 bits per heavy atom. The van der Waals surface area contributed by atoms with Gasteiger partial charge in [-0.05, 0) is 140 Å². The Morgan fingerprint density at radius 2 is 1.17 bits per heavy atom. The monoisotopic (exact) mass is 1410 g/mol. The predicted octanol–water partition coefficient (Wildman–Crippen LogP) is 13.9. The molecule has 8 heterocycles. The number of rotatable bonds is 17. The second-order valence-electron chi connectivity index (χ2n) is 29.3. The number of amides is 4. The van der Waals surface area contributed by atoms with Gasteiger partial charge in [0.25, 0.3) is 0 Å². The van der Waals surface area contributed by atoms with Crippen LogP contribution in [0.5, 0.6) is 0 Å². The third-order valence-corrected chi connectivity index (χ3v) is 25.4. The van der Waals surface area contributed by atoms with Crippen molar-refractivity contribution in [2.45, 2.75) is 153 Å². The van der Waals surface area contributed by atoms with E-state index in [1.54, 1.807) is 11.8 Å². The van der Waals surface area contributed by atoms with Crippen molar-refractivity contribution < 1.29 is 24.0 Å². The highest BCUT2D eigenvalue weighted by Gasteiger charge is 2.56. The minimum atomic E-state index is -1.38. The lowest BCUT2D eigenvalue weighted by Crippen LogP contribution is -2.49. The Kier molecular flexibility index (Phi) is 20.2. The number of H-pyrrole nitrogens is 4. The molecule has 4 aromatic carbocycles. The largest absolute Gasteiger partial charge is 0.340 e. The van der Waals surface area contributed by atoms with Gasteiger partial charge in [0.05, 0.1) is 69.5 Å². The highest BCUT2D eigenvalue weighted by atomic mass is 35.5. The van der Waals surface area contributed by atoms with Crippen molar-refractivity contribution in [3.63, 3.8) is 0 Å². The number of hydrogen-bond donors (Lipinski definition) is 5. The van der Waals surface area contributed by atoms with Gasteiger partial charge in [0, 0.05) is 90.7 Å². The van der Waals surface area contributed by atoms with Crippen molar-refractivity contribution in [2.24, 2.45) is 41.4 Å². The Bertz CT molecular complexity index is 4550. The van der Waals surface area contributed by atoms with E-state index in [0.29, 0.717) is 58.2 Å². The van der Waals surface area contributed by atoms with Crippen molar-refractivity contribution in [3.8, 4) is 46.2 Å². The summed E-state index contributed by atoms with van der Waals surface area (Å²) in [6.45, 7) is 23.9. The third kappa shape index (κ3) is 13.8. The standard InChI is InChI=1S/C77H87ClN12O5S2Si2/c1-43(2)47(8)68(92)87-31-13-15-64(87)66-79-39-62(81-66)53-25-19-49(20-26-53)17-18-51-24-30-58-59(34-51)84-70(83-58)76(96)38-56(91)42-89(76)73(95)75(11,99)46(7)33-52-37-77(97-12,90(41-52)72(94)74(10,98)45(5)6)71-85-60-35-55(57(78)36-61(60)86-71)29-23-50-21-27-54(28-22-50)63-40-80-67(82-63)65-16-14-32-88(65)69(93)48(9)44(3)4/h19-22,24-28,30,34-36,39-40,43-48,52,64-65,96H,13-16,31-33,37-38,41-42H2,1-12H3,(H,79,81)(H,80,82)(H,83,84)(H,85,86). The first kappa shape index (κ1) is 71.2. The van der Waals surface area contributed by atoms with Crippen LogP contribution >= 0.6 is 36.0 Å². The maximum absolute atomic E-state index is 15.2. The van der Waals surface area contributed by atoms with Gasteiger partial charge in [0.2, 0.25) is 23.6 Å². The number of thiol groups is 1. The number of likely N-dealkylation sites (tertiary alicyclic amines) is 4. The number of benzene rings is 4. The second kappa shape index (κ2) is 28.0. The van der Waals surface area contributed by atoms with E-state index in [-0.39, 0.29) is 95.9 Å². The Labute approximate surface area is 602 Å². The van der Waals surface area contributed by atoms with Gasteiger partial charge >= 0.3 is 0 Å². The molecule has 0 aliphatic carbocycles. The summed E-state index contributed by atoms with van der Waals surface area (Å²) in [5.41, 5.74) is 9.33. The molecule has 12 rings (SSSR count). The van der Waals surface area contributed by atoms with Crippen LogP contribution in [0.2, 0.25) is 15.1 Å². The molecule has 10 unspecified atom stereocenters. The summed E-state index contributed by atoms with van der Waals surface area (Å²) in [6.07, 6.45) is 10.3. The number of imidazole rings is 4. The fraction of sp³-hybridized carbons (Fsp3) is 0.468. The maximum Gasteiger partial charge on any atom is 0.227 e. The summed E-state index contributed by atoms with van der Waals surface area (Å²) < 4.78 is 0. The van der Waals surface area contributed by atoms with Crippen molar-refractivity contribution in [1.82, 2.24) is 59.5 Å². The highest BCUT2D eigenvalue weighted by Crippen LogP contribution is 2.55. The molecule has 4 saturated heterocycles. The fourth-order valence-corrected chi connectivity index (χ4v) is 16.3. The van der Waals surface area contributed by atoms with Gasteiger partial charge in [-0.1, -0.05) is 136 Å². The topological polar surface area (TPSA) is 213 Å². The molecule has 8 aromatic rings. The van der Waals surface area contributed by atoms with Gasteiger partial charge in [-0.2, -0.15) is 0 Å². The molecule has 10 atom stereocenters. The van der Waals surface area contributed by atoms with Crippen LogP contribution in [0.3, 0.4) is 0 Å². The van der Waals surface area contributed by atoms with Crippen LogP contribution < -0.4 is 0 Å². The molecule has 512 valence electrons.